The Bertz CT molecular complexity index is 252. The third kappa shape index (κ3) is 4.46. The number of carbonyl (C=O) groups is 2. The van der Waals surface area contributed by atoms with E-state index in [-0.39, 0.29) is 0 Å². The van der Waals surface area contributed by atoms with Crippen LogP contribution in [0.25, 0.3) is 0 Å². The largest absolute Gasteiger partial charge is 0.480 e. The number of hydrogen-bond donors (Lipinski definition) is 3. The molecule has 2 atom stereocenters. The van der Waals surface area contributed by atoms with E-state index >= 15 is 0 Å². The maximum absolute atomic E-state index is 11.3. The van der Waals surface area contributed by atoms with Crippen molar-refractivity contribution >= 4 is 12.0 Å². The Labute approximate surface area is 88.2 Å². The zero-order valence-corrected chi connectivity index (χ0v) is 8.80. The Kier molecular flexibility index (Phi) is 5.40. The second-order valence-electron chi connectivity index (χ2n) is 3.18. The Hall–Kier alpha value is -1.56. The molecular formula is C9H16N2O4. The molecule has 0 aromatic heterocycles. The van der Waals surface area contributed by atoms with E-state index in [9.17, 15) is 9.59 Å². The van der Waals surface area contributed by atoms with E-state index in [1.807, 2.05) is 0 Å². The van der Waals surface area contributed by atoms with E-state index < -0.39 is 24.1 Å². The third-order valence-electron chi connectivity index (χ3n) is 1.78. The summed E-state index contributed by atoms with van der Waals surface area (Å²) in [6.07, 6.45) is 0.362. The molecular weight excluding hydrogens is 200 g/mol. The zero-order valence-electron chi connectivity index (χ0n) is 8.80. The summed E-state index contributed by atoms with van der Waals surface area (Å²) in [6.45, 7) is 5.05. The van der Waals surface area contributed by atoms with E-state index in [1.165, 1.54) is 24.9 Å². The highest BCUT2D eigenvalue weighted by atomic mass is 16.4. The average Bonchev–Trinajstić information content (AvgIpc) is 2.12. The van der Waals surface area contributed by atoms with Crippen LogP contribution >= 0.6 is 0 Å². The molecule has 0 rings (SSSR count). The normalized spacial score (nSPS) is 13.8. The van der Waals surface area contributed by atoms with Gasteiger partial charge in [0.2, 0.25) is 0 Å². The molecule has 0 heterocycles. The van der Waals surface area contributed by atoms with Gasteiger partial charge in [-0.1, -0.05) is 6.08 Å². The van der Waals surface area contributed by atoms with Crippen LogP contribution in [0, 0.1) is 0 Å². The summed E-state index contributed by atoms with van der Waals surface area (Å²) in [6, 6.07) is -1.87. The van der Waals surface area contributed by atoms with Crippen molar-refractivity contribution in [2.45, 2.75) is 19.1 Å². The maximum Gasteiger partial charge on any atom is 0.328 e. The molecule has 86 valence electrons. The number of nitrogens with zero attached hydrogens (tertiary/aromatic N) is 1. The number of carbonyl (C=O) groups excluding carboxylic acids is 1. The van der Waals surface area contributed by atoms with Gasteiger partial charge >= 0.3 is 12.0 Å². The lowest BCUT2D eigenvalue weighted by molar-refractivity contribution is -0.141. The monoisotopic (exact) mass is 216 g/mol. The highest BCUT2D eigenvalue weighted by molar-refractivity contribution is 5.82. The van der Waals surface area contributed by atoms with Crippen LogP contribution in [0.5, 0.6) is 0 Å². The fraction of sp³-hybridized carbons (Fsp3) is 0.556. The number of amides is 2. The Morgan fingerprint density at radius 2 is 2.13 bits per heavy atom. The molecule has 0 unspecified atom stereocenters. The van der Waals surface area contributed by atoms with Crippen molar-refractivity contribution in [3.05, 3.63) is 12.7 Å². The van der Waals surface area contributed by atoms with Crippen LogP contribution in [0.2, 0.25) is 0 Å². The molecule has 0 aromatic carbocycles. The first-order chi connectivity index (χ1) is 6.90. The van der Waals surface area contributed by atoms with Crippen LogP contribution in [0.1, 0.15) is 6.92 Å². The lowest BCUT2D eigenvalue weighted by atomic mass is 10.2. The van der Waals surface area contributed by atoms with E-state index in [4.69, 9.17) is 10.2 Å². The standard InChI is InChI=1S/C9H16N2O4/c1-4-5-11(3)9(15)10-7(6(2)12)8(13)14/h4,6-7,12H,1,5H2,2-3H3,(H,10,15)(H,13,14)/t6-,7+/m1/s1. The number of aliphatic hydroxyl groups excluding tert-OH is 1. The number of rotatable bonds is 5. The summed E-state index contributed by atoms with van der Waals surface area (Å²) in [5.41, 5.74) is 0. The summed E-state index contributed by atoms with van der Waals surface area (Å²) < 4.78 is 0. The highest BCUT2D eigenvalue weighted by Gasteiger charge is 2.25. The van der Waals surface area contributed by atoms with Crippen LogP contribution in [0.15, 0.2) is 12.7 Å². The number of carboxylic acid groups (broad SMARTS) is 1. The minimum atomic E-state index is -1.30. The number of aliphatic carboxylic acids is 1. The lowest BCUT2D eigenvalue weighted by Gasteiger charge is -2.21. The van der Waals surface area contributed by atoms with Gasteiger partial charge in [0.05, 0.1) is 6.10 Å². The minimum Gasteiger partial charge on any atom is -0.480 e. The van der Waals surface area contributed by atoms with Crippen LogP contribution in [-0.4, -0.2) is 52.9 Å². The number of urea groups is 1. The highest BCUT2D eigenvalue weighted by Crippen LogP contribution is 1.95. The van der Waals surface area contributed by atoms with Crippen molar-refractivity contribution in [1.29, 1.82) is 0 Å². The van der Waals surface area contributed by atoms with Gasteiger partial charge in [-0.15, -0.1) is 6.58 Å². The zero-order chi connectivity index (χ0) is 12.0. The number of hydrogen-bond acceptors (Lipinski definition) is 3. The molecule has 0 bridgehead atoms. The lowest BCUT2D eigenvalue weighted by Crippen LogP contribution is -2.51. The third-order valence-corrected chi connectivity index (χ3v) is 1.78. The van der Waals surface area contributed by atoms with E-state index in [0.29, 0.717) is 6.54 Å². The minimum absolute atomic E-state index is 0.304. The van der Waals surface area contributed by atoms with Gasteiger partial charge in [-0.2, -0.15) is 0 Å². The molecule has 0 aliphatic heterocycles. The second-order valence-corrected chi connectivity index (χ2v) is 3.18. The van der Waals surface area contributed by atoms with Crippen molar-refractivity contribution in [2.75, 3.05) is 13.6 Å². The van der Waals surface area contributed by atoms with Gasteiger partial charge in [0, 0.05) is 13.6 Å². The van der Waals surface area contributed by atoms with Crippen molar-refractivity contribution in [3.63, 3.8) is 0 Å². The van der Waals surface area contributed by atoms with Gasteiger partial charge < -0.3 is 20.4 Å². The second kappa shape index (κ2) is 6.02. The molecule has 0 saturated heterocycles. The molecule has 0 radical (unpaired) electrons. The molecule has 6 heteroatoms. The molecule has 0 aliphatic carbocycles. The predicted molar refractivity (Wildman–Crippen MR) is 54.5 cm³/mol. The number of aliphatic hydroxyl groups is 1. The van der Waals surface area contributed by atoms with Crippen molar-refractivity contribution in [1.82, 2.24) is 10.2 Å². The molecule has 0 saturated carbocycles. The smallest absolute Gasteiger partial charge is 0.328 e. The van der Waals surface area contributed by atoms with Crippen molar-refractivity contribution in [2.24, 2.45) is 0 Å². The van der Waals surface area contributed by atoms with Crippen LogP contribution in [0.4, 0.5) is 4.79 Å². The first-order valence-corrected chi connectivity index (χ1v) is 4.43. The van der Waals surface area contributed by atoms with Gasteiger partial charge in [-0.25, -0.2) is 9.59 Å². The van der Waals surface area contributed by atoms with Crippen LogP contribution in [-0.2, 0) is 4.79 Å². The summed E-state index contributed by atoms with van der Waals surface area (Å²) in [5.74, 6) is -1.27. The van der Waals surface area contributed by atoms with E-state index in [2.05, 4.69) is 11.9 Å². The molecule has 2 amide bonds. The first-order valence-electron chi connectivity index (χ1n) is 4.43. The number of carboxylic acids is 1. The summed E-state index contributed by atoms with van der Waals surface area (Å²) in [7, 11) is 1.50. The molecule has 0 aromatic rings. The van der Waals surface area contributed by atoms with E-state index in [1.54, 1.807) is 0 Å². The summed E-state index contributed by atoms with van der Waals surface area (Å²) >= 11 is 0. The topological polar surface area (TPSA) is 89.9 Å². The Balaban J connectivity index is 4.35. The molecule has 0 spiro atoms. The maximum atomic E-state index is 11.3. The number of nitrogens with one attached hydrogen (secondary N) is 1. The SMILES string of the molecule is C=CCN(C)C(=O)N[C@H](C(=O)O)[C@@H](C)O. The number of likely N-dealkylation sites (N-methyl/N-ethyl adjacent to an activating group) is 1. The molecule has 0 fully saturated rings. The predicted octanol–water partition coefficient (Wildman–Crippen LogP) is -0.352. The fourth-order valence-corrected chi connectivity index (χ4v) is 0.908. The van der Waals surface area contributed by atoms with Gasteiger partial charge in [0.1, 0.15) is 0 Å². The fourth-order valence-electron chi connectivity index (χ4n) is 0.908. The van der Waals surface area contributed by atoms with Crippen molar-refractivity contribution < 1.29 is 19.8 Å². The molecule has 3 N–H and O–H groups in total. The van der Waals surface area contributed by atoms with Crippen LogP contribution in [0.3, 0.4) is 0 Å². The van der Waals surface area contributed by atoms with Gasteiger partial charge in [0.25, 0.3) is 0 Å². The molecule has 0 aliphatic rings. The van der Waals surface area contributed by atoms with Crippen molar-refractivity contribution in [3.8, 4) is 0 Å². The Morgan fingerprint density at radius 3 is 2.47 bits per heavy atom. The van der Waals surface area contributed by atoms with Gasteiger partial charge in [0.15, 0.2) is 6.04 Å². The van der Waals surface area contributed by atoms with Gasteiger partial charge in [-0.3, -0.25) is 0 Å². The quantitative estimate of drug-likeness (QED) is 0.548. The Morgan fingerprint density at radius 1 is 1.60 bits per heavy atom. The average molecular weight is 216 g/mol. The molecule has 15 heavy (non-hydrogen) atoms. The summed E-state index contributed by atoms with van der Waals surface area (Å²) in [4.78, 5) is 23.2. The first kappa shape index (κ1) is 13.4. The molecule has 6 nitrogen and oxygen atoms in total. The van der Waals surface area contributed by atoms with Gasteiger partial charge in [-0.05, 0) is 6.92 Å². The van der Waals surface area contributed by atoms with E-state index in [0.717, 1.165) is 0 Å². The summed E-state index contributed by atoms with van der Waals surface area (Å²) in [5, 5.41) is 20.0. The van der Waals surface area contributed by atoms with Crippen LogP contribution < -0.4 is 5.32 Å².